The van der Waals surface area contributed by atoms with Gasteiger partial charge < -0.3 is 10.5 Å². The molecule has 4 heteroatoms. The Balaban J connectivity index is 2.50. The standard InChI is InChI=1S/C12H18N2O2/c1-14(2)13-11-7-3-5-10(9-11)6-4-8-12(15)16/h3,5,7,9,13H,4,6,8H2,1-2H3,(H,15,16). The molecule has 0 amide bonds. The van der Waals surface area contributed by atoms with Crippen LogP contribution in [-0.4, -0.2) is 30.2 Å². The van der Waals surface area contributed by atoms with Gasteiger partial charge in [0.15, 0.2) is 0 Å². The fourth-order valence-corrected chi connectivity index (χ4v) is 1.50. The van der Waals surface area contributed by atoms with E-state index in [0.717, 1.165) is 17.7 Å². The molecular formula is C12H18N2O2. The number of carbonyl (C=O) groups is 1. The van der Waals surface area contributed by atoms with Crippen molar-refractivity contribution in [1.82, 2.24) is 5.01 Å². The van der Waals surface area contributed by atoms with Gasteiger partial charge in [-0.3, -0.25) is 4.79 Å². The van der Waals surface area contributed by atoms with Crippen LogP contribution in [0.1, 0.15) is 18.4 Å². The summed E-state index contributed by atoms with van der Waals surface area (Å²) in [6.45, 7) is 0. The Morgan fingerprint density at radius 1 is 1.44 bits per heavy atom. The summed E-state index contributed by atoms with van der Waals surface area (Å²) in [5.74, 6) is -0.734. The first kappa shape index (κ1) is 12.5. The first-order valence-electron chi connectivity index (χ1n) is 5.32. The molecule has 1 aromatic rings. The van der Waals surface area contributed by atoms with E-state index in [4.69, 9.17) is 5.11 Å². The normalized spacial score (nSPS) is 10.4. The van der Waals surface area contributed by atoms with E-state index in [9.17, 15) is 4.79 Å². The van der Waals surface area contributed by atoms with Crippen molar-refractivity contribution in [2.75, 3.05) is 19.5 Å². The van der Waals surface area contributed by atoms with Crippen molar-refractivity contribution in [3.63, 3.8) is 0 Å². The lowest BCUT2D eigenvalue weighted by Crippen LogP contribution is -2.19. The number of benzene rings is 1. The molecule has 0 aliphatic rings. The lowest BCUT2D eigenvalue weighted by molar-refractivity contribution is -0.137. The number of carboxylic acid groups (broad SMARTS) is 1. The molecule has 1 aromatic carbocycles. The van der Waals surface area contributed by atoms with Crippen LogP contribution in [0.5, 0.6) is 0 Å². The fourth-order valence-electron chi connectivity index (χ4n) is 1.50. The van der Waals surface area contributed by atoms with E-state index in [1.54, 1.807) is 0 Å². The predicted molar refractivity (Wildman–Crippen MR) is 64.3 cm³/mol. The van der Waals surface area contributed by atoms with Gasteiger partial charge in [0.1, 0.15) is 0 Å². The Kier molecular flexibility index (Phi) is 4.79. The van der Waals surface area contributed by atoms with Crippen LogP contribution in [-0.2, 0) is 11.2 Å². The highest BCUT2D eigenvalue weighted by molar-refractivity contribution is 5.66. The molecule has 0 aromatic heterocycles. The zero-order valence-electron chi connectivity index (χ0n) is 9.73. The van der Waals surface area contributed by atoms with E-state index in [0.29, 0.717) is 6.42 Å². The lowest BCUT2D eigenvalue weighted by atomic mass is 10.1. The summed E-state index contributed by atoms with van der Waals surface area (Å²) < 4.78 is 0. The zero-order chi connectivity index (χ0) is 12.0. The van der Waals surface area contributed by atoms with E-state index in [-0.39, 0.29) is 6.42 Å². The Morgan fingerprint density at radius 2 is 2.19 bits per heavy atom. The quantitative estimate of drug-likeness (QED) is 0.723. The average Bonchev–Trinajstić information content (AvgIpc) is 2.16. The Labute approximate surface area is 95.9 Å². The van der Waals surface area contributed by atoms with Crippen molar-refractivity contribution in [3.05, 3.63) is 29.8 Å². The van der Waals surface area contributed by atoms with Crippen LogP contribution in [0.25, 0.3) is 0 Å². The zero-order valence-corrected chi connectivity index (χ0v) is 9.73. The van der Waals surface area contributed by atoms with Crippen LogP contribution in [0.4, 0.5) is 5.69 Å². The van der Waals surface area contributed by atoms with Crippen molar-refractivity contribution < 1.29 is 9.90 Å². The van der Waals surface area contributed by atoms with Crippen LogP contribution >= 0.6 is 0 Å². The molecule has 0 fully saturated rings. The van der Waals surface area contributed by atoms with Gasteiger partial charge in [-0.25, -0.2) is 5.01 Å². The predicted octanol–water partition coefficient (Wildman–Crippen LogP) is 1.98. The molecule has 0 aliphatic heterocycles. The molecule has 0 saturated heterocycles. The summed E-state index contributed by atoms with van der Waals surface area (Å²) in [5, 5.41) is 10.4. The number of carboxylic acids is 1. The van der Waals surface area contributed by atoms with Gasteiger partial charge in [-0.1, -0.05) is 12.1 Å². The SMILES string of the molecule is CN(C)Nc1cccc(CCCC(=O)O)c1. The second kappa shape index (κ2) is 6.12. The number of nitrogens with one attached hydrogen (secondary N) is 1. The topological polar surface area (TPSA) is 52.6 Å². The molecule has 0 spiro atoms. The summed E-state index contributed by atoms with van der Waals surface area (Å²) in [4.78, 5) is 10.4. The van der Waals surface area contributed by atoms with Crippen LogP contribution in [0.2, 0.25) is 0 Å². The van der Waals surface area contributed by atoms with Gasteiger partial charge in [0.05, 0.1) is 0 Å². The first-order valence-corrected chi connectivity index (χ1v) is 5.32. The van der Waals surface area contributed by atoms with Gasteiger partial charge in [0, 0.05) is 26.2 Å². The largest absolute Gasteiger partial charge is 0.481 e. The van der Waals surface area contributed by atoms with Gasteiger partial charge >= 0.3 is 5.97 Å². The van der Waals surface area contributed by atoms with Crippen molar-refractivity contribution in [2.45, 2.75) is 19.3 Å². The number of aliphatic carboxylic acids is 1. The minimum absolute atomic E-state index is 0.228. The summed E-state index contributed by atoms with van der Waals surface area (Å²) >= 11 is 0. The number of rotatable bonds is 6. The minimum atomic E-state index is -0.734. The second-order valence-electron chi connectivity index (χ2n) is 3.95. The summed E-state index contributed by atoms with van der Waals surface area (Å²) in [7, 11) is 3.86. The van der Waals surface area contributed by atoms with Crippen LogP contribution in [0.3, 0.4) is 0 Å². The van der Waals surface area contributed by atoms with E-state index in [1.807, 2.05) is 43.4 Å². The monoisotopic (exact) mass is 222 g/mol. The van der Waals surface area contributed by atoms with Crippen LogP contribution < -0.4 is 5.43 Å². The van der Waals surface area contributed by atoms with Gasteiger partial charge in [-0.2, -0.15) is 0 Å². The molecule has 0 heterocycles. The van der Waals surface area contributed by atoms with Gasteiger partial charge in [-0.05, 0) is 30.5 Å². The third-order valence-corrected chi connectivity index (χ3v) is 2.14. The highest BCUT2D eigenvalue weighted by Crippen LogP contribution is 2.13. The number of hydrogen-bond donors (Lipinski definition) is 2. The molecule has 0 radical (unpaired) electrons. The van der Waals surface area contributed by atoms with Crippen molar-refractivity contribution in [3.8, 4) is 0 Å². The van der Waals surface area contributed by atoms with E-state index < -0.39 is 5.97 Å². The maximum Gasteiger partial charge on any atom is 0.303 e. The van der Waals surface area contributed by atoms with Gasteiger partial charge in [0.25, 0.3) is 0 Å². The summed E-state index contributed by atoms with van der Waals surface area (Å²) in [5.41, 5.74) is 5.35. The van der Waals surface area contributed by atoms with E-state index >= 15 is 0 Å². The number of aryl methyl sites for hydroxylation is 1. The number of anilines is 1. The van der Waals surface area contributed by atoms with Crippen LogP contribution in [0.15, 0.2) is 24.3 Å². The second-order valence-corrected chi connectivity index (χ2v) is 3.95. The molecule has 0 bridgehead atoms. The molecule has 0 aliphatic carbocycles. The maximum absolute atomic E-state index is 10.4. The van der Waals surface area contributed by atoms with Crippen molar-refractivity contribution in [1.29, 1.82) is 0 Å². The third kappa shape index (κ3) is 4.79. The lowest BCUT2D eigenvalue weighted by Gasteiger charge is -2.14. The Morgan fingerprint density at radius 3 is 2.81 bits per heavy atom. The van der Waals surface area contributed by atoms with Gasteiger partial charge in [0.2, 0.25) is 0 Å². The molecule has 4 nitrogen and oxygen atoms in total. The van der Waals surface area contributed by atoms with E-state index in [1.165, 1.54) is 0 Å². The Hall–Kier alpha value is -1.55. The smallest absolute Gasteiger partial charge is 0.303 e. The molecule has 16 heavy (non-hydrogen) atoms. The van der Waals surface area contributed by atoms with Crippen LogP contribution in [0, 0.1) is 0 Å². The number of hydrazine groups is 1. The number of nitrogens with zero attached hydrogens (tertiary/aromatic N) is 1. The first-order chi connectivity index (χ1) is 7.58. The maximum atomic E-state index is 10.4. The highest BCUT2D eigenvalue weighted by Gasteiger charge is 1.99. The average molecular weight is 222 g/mol. The molecule has 1 rings (SSSR count). The minimum Gasteiger partial charge on any atom is -0.481 e. The van der Waals surface area contributed by atoms with Gasteiger partial charge in [-0.15, -0.1) is 0 Å². The fraction of sp³-hybridized carbons (Fsp3) is 0.417. The van der Waals surface area contributed by atoms with Crippen molar-refractivity contribution >= 4 is 11.7 Å². The van der Waals surface area contributed by atoms with Crippen molar-refractivity contribution in [2.24, 2.45) is 0 Å². The molecule has 0 unspecified atom stereocenters. The van der Waals surface area contributed by atoms with E-state index in [2.05, 4.69) is 5.43 Å². The molecule has 0 saturated carbocycles. The molecule has 2 N–H and O–H groups in total. The molecule has 88 valence electrons. The number of hydrogen-bond acceptors (Lipinski definition) is 3. The summed E-state index contributed by atoms with van der Waals surface area (Å²) in [6, 6.07) is 8.02. The summed E-state index contributed by atoms with van der Waals surface area (Å²) in [6.07, 6.45) is 1.71. The highest BCUT2D eigenvalue weighted by atomic mass is 16.4. The molecule has 0 atom stereocenters. The molecular weight excluding hydrogens is 204 g/mol. The third-order valence-electron chi connectivity index (χ3n) is 2.14. The Bertz CT molecular complexity index is 351.